The summed E-state index contributed by atoms with van der Waals surface area (Å²) in [5.74, 6) is -0.196. The third kappa shape index (κ3) is 1.99. The van der Waals surface area contributed by atoms with Crippen LogP contribution in [-0.4, -0.2) is 25.5 Å². The number of ketones is 1. The Balaban J connectivity index is 2.35. The second-order valence-electron chi connectivity index (χ2n) is 3.53. The summed E-state index contributed by atoms with van der Waals surface area (Å²) in [7, 11) is 1.59. The molecule has 0 amide bonds. The Morgan fingerprint density at radius 1 is 1.50 bits per heavy atom. The minimum Gasteiger partial charge on any atom is -0.308 e. The summed E-state index contributed by atoms with van der Waals surface area (Å²) in [6, 6.07) is 6.68. The van der Waals surface area contributed by atoms with Crippen molar-refractivity contribution in [3.63, 3.8) is 0 Å². The Morgan fingerprint density at radius 3 is 3.00 bits per heavy atom. The molecule has 0 radical (unpaired) electrons. The van der Waals surface area contributed by atoms with E-state index in [0.717, 1.165) is 10.1 Å². The van der Waals surface area contributed by atoms with Crippen molar-refractivity contribution in [2.75, 3.05) is 13.7 Å². The minimum absolute atomic E-state index is 0.196. The van der Waals surface area contributed by atoms with Crippen LogP contribution in [0.15, 0.2) is 29.6 Å². The number of halogens is 1. The maximum absolute atomic E-state index is 12.6. The van der Waals surface area contributed by atoms with Crippen LogP contribution in [-0.2, 0) is 0 Å². The number of hydrogen-bond donors (Lipinski definition) is 1. The van der Waals surface area contributed by atoms with E-state index in [1.807, 2.05) is 23.6 Å². The summed E-state index contributed by atoms with van der Waals surface area (Å²) in [5, 5.41) is 5.68. The molecule has 1 aromatic heterocycles. The van der Waals surface area contributed by atoms with Crippen molar-refractivity contribution in [1.29, 1.82) is 0 Å². The second-order valence-corrected chi connectivity index (χ2v) is 4.48. The summed E-state index contributed by atoms with van der Waals surface area (Å²) < 4.78 is 13.7. The van der Waals surface area contributed by atoms with Crippen molar-refractivity contribution in [3.05, 3.63) is 35.2 Å². The Labute approximate surface area is 97.1 Å². The molecular weight excluding hydrogens is 225 g/mol. The zero-order chi connectivity index (χ0) is 11.5. The molecular formula is C12H12FNOS. The average molecular weight is 237 g/mol. The van der Waals surface area contributed by atoms with Crippen molar-refractivity contribution < 1.29 is 9.18 Å². The van der Waals surface area contributed by atoms with Crippen LogP contribution < -0.4 is 5.32 Å². The van der Waals surface area contributed by atoms with Gasteiger partial charge in [-0.05, 0) is 42.1 Å². The molecule has 0 aliphatic rings. The zero-order valence-electron chi connectivity index (χ0n) is 8.87. The van der Waals surface area contributed by atoms with Crippen LogP contribution in [0.25, 0.3) is 10.1 Å². The minimum atomic E-state index is -0.740. The normalized spacial score (nSPS) is 12.9. The second kappa shape index (κ2) is 4.72. The third-order valence-corrected chi connectivity index (χ3v) is 3.45. The Hall–Kier alpha value is -1.26. The highest BCUT2D eigenvalue weighted by Gasteiger charge is 2.18. The molecule has 1 aromatic carbocycles. The first-order chi connectivity index (χ1) is 7.76. The zero-order valence-corrected chi connectivity index (χ0v) is 9.68. The molecule has 4 heteroatoms. The largest absolute Gasteiger partial charge is 0.308 e. The SMILES string of the molecule is CNC(CF)C(=O)c1ccc2sccc2c1. The molecule has 2 rings (SSSR count). The van der Waals surface area contributed by atoms with Crippen LogP contribution in [0.3, 0.4) is 0 Å². The smallest absolute Gasteiger partial charge is 0.182 e. The van der Waals surface area contributed by atoms with Crippen molar-refractivity contribution in [2.24, 2.45) is 0 Å². The number of rotatable bonds is 4. The third-order valence-electron chi connectivity index (χ3n) is 2.56. The predicted octanol–water partition coefficient (Wildman–Crippen LogP) is 2.64. The van der Waals surface area contributed by atoms with Gasteiger partial charge in [0.25, 0.3) is 0 Å². The molecule has 1 heterocycles. The van der Waals surface area contributed by atoms with Gasteiger partial charge in [-0.2, -0.15) is 0 Å². The van der Waals surface area contributed by atoms with E-state index >= 15 is 0 Å². The van der Waals surface area contributed by atoms with E-state index in [0.29, 0.717) is 5.56 Å². The Bertz CT molecular complexity index is 504. The number of alkyl halides is 1. The summed E-state index contributed by atoms with van der Waals surface area (Å²) in [6.07, 6.45) is 0. The standard InChI is InChI=1S/C12H12FNOS/c1-14-10(7-13)12(15)9-2-3-11-8(6-9)4-5-16-11/h2-6,10,14H,7H2,1H3. The van der Waals surface area contributed by atoms with Gasteiger partial charge in [0.2, 0.25) is 0 Å². The fraction of sp³-hybridized carbons (Fsp3) is 0.250. The number of nitrogens with one attached hydrogen (secondary N) is 1. The highest BCUT2D eigenvalue weighted by molar-refractivity contribution is 7.17. The molecule has 1 N–H and O–H groups in total. The van der Waals surface area contributed by atoms with Crippen LogP contribution in [0.4, 0.5) is 4.39 Å². The fourth-order valence-corrected chi connectivity index (χ4v) is 2.37. The van der Waals surface area contributed by atoms with Crippen LogP contribution >= 0.6 is 11.3 Å². The van der Waals surface area contributed by atoms with E-state index < -0.39 is 12.7 Å². The van der Waals surface area contributed by atoms with Crippen LogP contribution in [0.1, 0.15) is 10.4 Å². The van der Waals surface area contributed by atoms with Gasteiger partial charge in [-0.15, -0.1) is 11.3 Å². The van der Waals surface area contributed by atoms with Gasteiger partial charge in [-0.25, -0.2) is 4.39 Å². The maximum Gasteiger partial charge on any atom is 0.182 e. The molecule has 0 aliphatic heterocycles. The summed E-state index contributed by atoms with van der Waals surface area (Å²) in [5.41, 5.74) is 0.558. The molecule has 84 valence electrons. The molecule has 0 fully saturated rings. The lowest BCUT2D eigenvalue weighted by atomic mass is 10.0. The maximum atomic E-state index is 12.6. The number of carbonyl (C=O) groups excluding carboxylic acids is 1. The van der Waals surface area contributed by atoms with E-state index in [4.69, 9.17) is 0 Å². The van der Waals surface area contributed by atoms with Crippen molar-refractivity contribution in [1.82, 2.24) is 5.32 Å². The first-order valence-electron chi connectivity index (χ1n) is 5.01. The number of thiophene rings is 1. The summed E-state index contributed by atoms with van der Waals surface area (Å²) >= 11 is 1.63. The number of Topliss-reactive ketones (excluding diaryl/α,β-unsaturated/α-hetero) is 1. The first-order valence-corrected chi connectivity index (χ1v) is 5.89. The molecule has 1 atom stereocenters. The van der Waals surface area contributed by atoms with Crippen LogP contribution in [0.2, 0.25) is 0 Å². The lowest BCUT2D eigenvalue weighted by Gasteiger charge is -2.10. The molecule has 0 saturated carbocycles. The summed E-state index contributed by atoms with van der Waals surface area (Å²) in [6.45, 7) is -0.684. The van der Waals surface area contributed by atoms with E-state index in [1.165, 1.54) is 0 Å². The van der Waals surface area contributed by atoms with E-state index in [9.17, 15) is 9.18 Å². The highest BCUT2D eigenvalue weighted by Crippen LogP contribution is 2.22. The molecule has 0 saturated heterocycles. The molecule has 0 spiro atoms. The monoisotopic (exact) mass is 237 g/mol. The average Bonchev–Trinajstić information content (AvgIpc) is 2.77. The van der Waals surface area contributed by atoms with Gasteiger partial charge >= 0.3 is 0 Å². The van der Waals surface area contributed by atoms with Crippen molar-refractivity contribution in [2.45, 2.75) is 6.04 Å². The van der Waals surface area contributed by atoms with Crippen LogP contribution in [0, 0.1) is 0 Å². The van der Waals surface area contributed by atoms with E-state index in [2.05, 4.69) is 5.32 Å². The molecule has 2 aromatic rings. The first kappa shape index (κ1) is 11.2. The molecule has 0 aliphatic carbocycles. The highest BCUT2D eigenvalue weighted by atomic mass is 32.1. The van der Waals surface area contributed by atoms with Gasteiger partial charge in [0.1, 0.15) is 6.67 Å². The lowest BCUT2D eigenvalue weighted by molar-refractivity contribution is 0.0932. The van der Waals surface area contributed by atoms with Gasteiger partial charge < -0.3 is 5.32 Å². The van der Waals surface area contributed by atoms with Gasteiger partial charge in [0.05, 0.1) is 6.04 Å². The number of hydrogen-bond acceptors (Lipinski definition) is 3. The quantitative estimate of drug-likeness (QED) is 0.828. The van der Waals surface area contributed by atoms with Gasteiger partial charge in [-0.3, -0.25) is 4.79 Å². The molecule has 1 unspecified atom stereocenters. The molecule has 0 bridgehead atoms. The molecule has 16 heavy (non-hydrogen) atoms. The summed E-state index contributed by atoms with van der Waals surface area (Å²) in [4.78, 5) is 11.9. The Kier molecular flexibility index (Phi) is 3.31. The van der Waals surface area contributed by atoms with E-state index in [1.54, 1.807) is 24.5 Å². The van der Waals surface area contributed by atoms with E-state index in [-0.39, 0.29) is 5.78 Å². The fourth-order valence-electron chi connectivity index (χ4n) is 1.60. The van der Waals surface area contributed by atoms with Crippen molar-refractivity contribution in [3.8, 4) is 0 Å². The number of benzene rings is 1. The predicted molar refractivity (Wildman–Crippen MR) is 65.0 cm³/mol. The van der Waals surface area contributed by atoms with Crippen LogP contribution in [0.5, 0.6) is 0 Å². The van der Waals surface area contributed by atoms with Crippen molar-refractivity contribution >= 4 is 27.2 Å². The van der Waals surface area contributed by atoms with Gasteiger partial charge in [-0.1, -0.05) is 0 Å². The lowest BCUT2D eigenvalue weighted by Crippen LogP contribution is -2.35. The topological polar surface area (TPSA) is 29.1 Å². The molecule has 2 nitrogen and oxygen atoms in total. The van der Waals surface area contributed by atoms with Gasteiger partial charge in [0.15, 0.2) is 5.78 Å². The Morgan fingerprint density at radius 2 is 2.31 bits per heavy atom. The number of carbonyl (C=O) groups is 1. The van der Waals surface area contributed by atoms with Gasteiger partial charge in [0, 0.05) is 10.3 Å². The number of likely N-dealkylation sites (N-methyl/N-ethyl adjacent to an activating group) is 1. The number of fused-ring (bicyclic) bond motifs is 1.